The van der Waals surface area contributed by atoms with Crippen LogP contribution in [0.2, 0.25) is 0 Å². The van der Waals surface area contributed by atoms with Gasteiger partial charge in [0, 0.05) is 5.75 Å². The molecule has 0 radical (unpaired) electrons. The van der Waals surface area contributed by atoms with E-state index in [4.69, 9.17) is 38.7 Å². The molecule has 72 heavy (non-hydrogen) atoms. The number of hydrogen-bond donors (Lipinski definition) is 0. The predicted molar refractivity (Wildman–Crippen MR) is 272 cm³/mol. The molecule has 15 heteroatoms. The molecule has 1 aliphatic rings. The second kappa shape index (κ2) is 23.6. The Morgan fingerprint density at radius 2 is 1.03 bits per heavy atom. The summed E-state index contributed by atoms with van der Waals surface area (Å²) in [6.45, 7) is 1.47. The average Bonchev–Trinajstić information content (AvgIpc) is 3.43. The molecule has 13 nitrogen and oxygen atoms in total. The molecule has 0 amide bonds. The number of benzene rings is 7. The minimum absolute atomic E-state index is 0.159. The number of nitrogens with zero attached hydrogens (tertiary/aromatic N) is 4. The van der Waals surface area contributed by atoms with Crippen LogP contribution in [0.25, 0.3) is 5.69 Å². The zero-order valence-electron chi connectivity index (χ0n) is 38.7. The number of aryl methyl sites for hydroxylation is 1. The minimum Gasteiger partial charge on any atom is -0.459 e. The molecule has 0 N–H and O–H groups in total. The van der Waals surface area contributed by atoms with Crippen molar-refractivity contribution < 1.29 is 42.9 Å². The number of hydrogen-bond acceptors (Lipinski definition) is 14. The van der Waals surface area contributed by atoms with Gasteiger partial charge in [0.15, 0.2) is 34.5 Å². The van der Waals surface area contributed by atoms with E-state index >= 15 is 0 Å². The van der Waals surface area contributed by atoms with E-state index in [2.05, 4.69) is 0 Å². The molecule has 0 spiro atoms. The molecule has 360 valence electrons. The zero-order valence-corrected chi connectivity index (χ0v) is 40.3. The van der Waals surface area contributed by atoms with E-state index in [9.17, 15) is 19.2 Å². The fourth-order valence-electron chi connectivity index (χ4n) is 7.60. The Labute approximate surface area is 423 Å². The molecule has 9 rings (SSSR count). The van der Waals surface area contributed by atoms with Crippen LogP contribution in [0.5, 0.6) is 0 Å². The highest BCUT2D eigenvalue weighted by molar-refractivity contribution is 7.98. The number of thioether (sulfide) groups is 1. The smallest absolute Gasteiger partial charge is 0.338 e. The lowest BCUT2D eigenvalue weighted by atomic mass is 9.97. The predicted octanol–water partition coefficient (Wildman–Crippen LogP) is 9.93. The topological polar surface area (TPSA) is 157 Å². The summed E-state index contributed by atoms with van der Waals surface area (Å²) in [5, 5.41) is 0.513. The van der Waals surface area contributed by atoms with Crippen LogP contribution in [0, 0.1) is 6.92 Å². The fraction of sp³-hybridized carbons (Fsp3) is 0.140. The van der Waals surface area contributed by atoms with Gasteiger partial charge < -0.3 is 23.7 Å². The fourth-order valence-corrected chi connectivity index (χ4v) is 9.56. The van der Waals surface area contributed by atoms with Crippen molar-refractivity contribution in [3.8, 4) is 5.69 Å². The quantitative estimate of drug-likeness (QED) is 0.0547. The maximum Gasteiger partial charge on any atom is 0.338 e. The molecule has 8 aromatic rings. The van der Waals surface area contributed by atoms with Gasteiger partial charge in [0.05, 0.1) is 33.6 Å². The summed E-state index contributed by atoms with van der Waals surface area (Å²) >= 11 is 2.59. The van der Waals surface area contributed by atoms with Crippen LogP contribution in [0.3, 0.4) is 0 Å². The molecular weight excluding hydrogens is 949 g/mol. The highest BCUT2D eigenvalue weighted by atomic mass is 32.2. The van der Waals surface area contributed by atoms with Gasteiger partial charge in [-0.1, -0.05) is 162 Å². The number of carbonyl (C=O) groups is 4. The Kier molecular flexibility index (Phi) is 16.0. The number of aromatic nitrogens is 2. The molecule has 1 aliphatic heterocycles. The SMILES string of the molecule is Cc1ccc(-n2c(SCc3ccccc3)nc(=Nc3ccccc3)s/c2=N\[C@@H]2O[C@H](COC(=O)c3ccccc3)[C@@H](OC(=O)c3ccccc3)[C@H](OC(=O)c3ccccc3)[C@H]2OC(=O)c2ccccc2)cc1. The van der Waals surface area contributed by atoms with Crippen LogP contribution in [-0.2, 0) is 29.4 Å². The lowest BCUT2D eigenvalue weighted by molar-refractivity contribution is -0.227. The first-order chi connectivity index (χ1) is 35.3. The van der Waals surface area contributed by atoms with Gasteiger partial charge in [0.2, 0.25) is 4.80 Å². The van der Waals surface area contributed by atoms with E-state index in [1.54, 1.807) is 121 Å². The summed E-state index contributed by atoms with van der Waals surface area (Å²) in [5.41, 5.74) is 4.14. The summed E-state index contributed by atoms with van der Waals surface area (Å²) in [5.74, 6) is -2.62. The van der Waals surface area contributed by atoms with Crippen LogP contribution in [0.1, 0.15) is 52.6 Å². The van der Waals surface area contributed by atoms with Crippen molar-refractivity contribution in [2.45, 2.75) is 48.5 Å². The van der Waals surface area contributed by atoms with Crippen LogP contribution in [-0.4, -0.2) is 70.7 Å². The highest BCUT2D eigenvalue weighted by Gasteiger charge is 2.53. The van der Waals surface area contributed by atoms with Crippen molar-refractivity contribution in [3.63, 3.8) is 0 Å². The Morgan fingerprint density at radius 3 is 1.56 bits per heavy atom. The maximum absolute atomic E-state index is 14.4. The number of rotatable bonds is 15. The number of ether oxygens (including phenoxy) is 5. The van der Waals surface area contributed by atoms with Gasteiger partial charge in [-0.15, -0.1) is 0 Å². The third-order valence-corrected chi connectivity index (χ3v) is 13.1. The van der Waals surface area contributed by atoms with E-state index in [0.717, 1.165) is 22.5 Å². The van der Waals surface area contributed by atoms with Gasteiger partial charge >= 0.3 is 23.9 Å². The van der Waals surface area contributed by atoms with Gasteiger partial charge in [-0.3, -0.25) is 4.57 Å². The van der Waals surface area contributed by atoms with Crippen molar-refractivity contribution in [1.82, 2.24) is 9.55 Å². The van der Waals surface area contributed by atoms with Crippen molar-refractivity contribution in [3.05, 3.63) is 249 Å². The Balaban J connectivity index is 1.26. The van der Waals surface area contributed by atoms with Gasteiger partial charge in [-0.2, -0.15) is 4.98 Å². The molecule has 0 aliphatic carbocycles. The summed E-state index contributed by atoms with van der Waals surface area (Å²) in [6, 6.07) is 60.2. The molecule has 5 atom stereocenters. The van der Waals surface area contributed by atoms with E-state index in [1.807, 2.05) is 96.4 Å². The van der Waals surface area contributed by atoms with Crippen molar-refractivity contribution in [2.75, 3.05) is 6.61 Å². The summed E-state index contributed by atoms with van der Waals surface area (Å²) in [7, 11) is 0. The second-order valence-electron chi connectivity index (χ2n) is 16.3. The Bertz CT molecular complexity index is 3260. The van der Waals surface area contributed by atoms with Crippen molar-refractivity contribution in [1.29, 1.82) is 0 Å². The molecule has 2 heterocycles. The van der Waals surface area contributed by atoms with E-state index in [-0.39, 0.29) is 27.1 Å². The molecular formula is C57H46N4O9S2. The summed E-state index contributed by atoms with van der Waals surface area (Å²) < 4.78 is 33.7. The minimum atomic E-state index is -1.62. The maximum atomic E-state index is 14.4. The molecule has 0 saturated carbocycles. The van der Waals surface area contributed by atoms with Crippen LogP contribution in [0.15, 0.2) is 221 Å². The third kappa shape index (κ3) is 12.4. The Morgan fingerprint density at radius 1 is 0.569 bits per heavy atom. The number of para-hydroxylation sites is 1. The summed E-state index contributed by atoms with van der Waals surface area (Å²) in [6.07, 6.45) is -7.70. The van der Waals surface area contributed by atoms with Crippen molar-refractivity contribution >= 4 is 52.7 Å². The molecule has 1 saturated heterocycles. The first-order valence-corrected chi connectivity index (χ1v) is 24.7. The van der Waals surface area contributed by atoms with E-state index in [0.29, 0.717) is 27.1 Å². The molecule has 1 fully saturated rings. The molecule has 7 aromatic carbocycles. The first-order valence-electron chi connectivity index (χ1n) is 22.9. The van der Waals surface area contributed by atoms with Crippen molar-refractivity contribution in [2.24, 2.45) is 9.98 Å². The van der Waals surface area contributed by atoms with Gasteiger partial charge in [0.1, 0.15) is 12.7 Å². The van der Waals surface area contributed by atoms with E-state index in [1.165, 1.54) is 11.8 Å². The van der Waals surface area contributed by atoms with Gasteiger partial charge in [-0.25, -0.2) is 29.2 Å². The third-order valence-electron chi connectivity index (χ3n) is 11.2. The monoisotopic (exact) mass is 994 g/mol. The van der Waals surface area contributed by atoms with Crippen LogP contribution >= 0.6 is 23.1 Å². The summed E-state index contributed by atoms with van der Waals surface area (Å²) in [4.78, 5) is 72.6. The van der Waals surface area contributed by atoms with Crippen LogP contribution < -0.4 is 9.60 Å². The number of carbonyl (C=O) groups excluding carboxylic acids is 4. The normalized spacial score (nSPS) is 17.9. The zero-order chi connectivity index (χ0) is 49.7. The number of esters is 4. The first kappa shape index (κ1) is 48.8. The second-order valence-corrected chi connectivity index (χ2v) is 18.2. The van der Waals surface area contributed by atoms with Gasteiger partial charge in [0.25, 0.3) is 0 Å². The largest absolute Gasteiger partial charge is 0.459 e. The highest BCUT2D eigenvalue weighted by Crippen LogP contribution is 2.32. The van der Waals surface area contributed by atoms with E-state index < -0.39 is 61.1 Å². The molecule has 1 aromatic heterocycles. The lowest BCUT2D eigenvalue weighted by Crippen LogP contribution is -2.62. The standard InChI is InChI=1S/C57H46N4O9S2/c1-38-32-34-45(35-33-38)61-56(71-37-39-20-8-2-9-21-39)60-55(58-44-30-18-7-19-31-44)72-57(61)59-50-49(70-54(65)43-28-16-6-17-29-43)48(69-53(64)42-26-14-5-15-27-42)47(68-52(63)41-24-12-4-13-25-41)46(67-50)36-66-51(62)40-22-10-3-11-23-40/h2-35,46-50H,36-37H2,1H3/b58-55?,59-57-/t46-,47-,48+,49-,50-/m1/s1. The molecule has 0 unspecified atom stereocenters. The lowest BCUT2D eigenvalue weighted by Gasteiger charge is -2.43. The Hall–Kier alpha value is -8.24. The van der Waals surface area contributed by atoms with Crippen LogP contribution in [0.4, 0.5) is 5.69 Å². The average molecular weight is 995 g/mol. The van der Waals surface area contributed by atoms with Gasteiger partial charge in [-0.05, 0) is 85.3 Å². The molecule has 0 bridgehead atoms.